The Morgan fingerprint density at radius 2 is 1.25 bits per heavy atom. The molecule has 0 rings (SSSR count). The van der Waals surface area contributed by atoms with Gasteiger partial charge in [0.1, 0.15) is 0 Å². The quantitative estimate of drug-likeness (QED) is 0.670. The van der Waals surface area contributed by atoms with Gasteiger partial charge in [-0.25, -0.2) is 16.8 Å². The smallest absolute Gasteiger partial charge is 0.265 e. The van der Waals surface area contributed by atoms with Crippen LogP contribution in [0.25, 0.3) is 0 Å². The van der Waals surface area contributed by atoms with E-state index in [-0.39, 0.29) is 0 Å². The summed E-state index contributed by atoms with van der Waals surface area (Å²) in [4.78, 5) is 0. The van der Waals surface area contributed by atoms with Crippen molar-refractivity contribution in [3.05, 3.63) is 24.0 Å². The van der Waals surface area contributed by atoms with Crippen LogP contribution < -0.4 is 0 Å². The maximum Gasteiger partial charge on any atom is 0.265 e. The summed E-state index contributed by atoms with van der Waals surface area (Å²) in [5.41, 5.74) is 0. The highest BCUT2D eigenvalue weighted by atomic mass is 32.3. The third-order valence-electron chi connectivity index (χ3n) is 1.03. The van der Waals surface area contributed by atoms with Crippen molar-refractivity contribution in [2.45, 2.75) is 4.77 Å². The number of rotatable bonds is 4. The molecule has 12 heavy (non-hydrogen) atoms. The molecule has 0 saturated carbocycles. The van der Waals surface area contributed by atoms with E-state index < -0.39 is 24.4 Å². The van der Waals surface area contributed by atoms with Crippen LogP contribution in [0.15, 0.2) is 24.0 Å². The maximum atomic E-state index is 10.7. The van der Waals surface area contributed by atoms with E-state index in [9.17, 15) is 16.8 Å². The average Bonchev–Trinajstić information content (AvgIpc) is 2.03. The van der Waals surface area contributed by atoms with Gasteiger partial charge in [0.25, 0.3) is 4.77 Å². The van der Waals surface area contributed by atoms with Gasteiger partial charge in [-0.1, -0.05) is 13.2 Å². The molecule has 0 aliphatic carbocycles. The van der Waals surface area contributed by atoms with Gasteiger partial charge in [-0.2, -0.15) is 0 Å². The van der Waals surface area contributed by atoms with Crippen LogP contribution in [-0.2, 0) is 19.7 Å². The Morgan fingerprint density at radius 3 is 1.42 bits per heavy atom. The molecule has 0 unspecified atom stereocenters. The van der Waals surface area contributed by atoms with E-state index in [2.05, 4.69) is 13.2 Å². The molecule has 0 bridgehead atoms. The van der Waals surface area contributed by atoms with Crippen LogP contribution in [0.4, 0.5) is 0 Å². The number of hydrogen-bond donors (Lipinski definition) is 1. The predicted octanol–water partition coefficient (Wildman–Crippen LogP) is -0.621. The fourth-order valence-corrected chi connectivity index (χ4v) is 2.65. The first-order valence-electron chi connectivity index (χ1n) is 2.68. The highest BCUT2D eigenvalue weighted by Gasteiger charge is 2.30. The zero-order valence-corrected chi connectivity index (χ0v) is 7.68. The van der Waals surface area contributed by atoms with Gasteiger partial charge in [0.15, 0.2) is 0 Å². The standard InChI is InChI=1S/C5H8O5S2/c1-3-11(7,8)5(6)12(9,10)4-2/h3-6H,1-2H2. The highest BCUT2D eigenvalue weighted by molar-refractivity contribution is 8.11. The summed E-state index contributed by atoms with van der Waals surface area (Å²) in [7, 11) is -8.42. The van der Waals surface area contributed by atoms with Crippen LogP contribution in [0.2, 0.25) is 0 Å². The van der Waals surface area contributed by atoms with Crippen LogP contribution in [0, 0.1) is 0 Å². The Balaban J connectivity index is 5.27. The molecular formula is C5H8O5S2. The Labute approximate surface area is 70.9 Å². The molecule has 0 amide bonds. The molecule has 0 aliphatic heterocycles. The Bertz CT molecular complexity index is 336. The van der Waals surface area contributed by atoms with E-state index in [0.717, 1.165) is 0 Å². The lowest BCUT2D eigenvalue weighted by atomic mass is 11.3. The van der Waals surface area contributed by atoms with Crippen molar-refractivity contribution in [3.8, 4) is 0 Å². The fourth-order valence-electron chi connectivity index (χ4n) is 0.352. The molecule has 7 heteroatoms. The Morgan fingerprint density at radius 1 is 1.00 bits per heavy atom. The molecule has 0 aliphatic rings. The Hall–Kier alpha value is -0.660. The zero-order valence-electron chi connectivity index (χ0n) is 6.04. The lowest BCUT2D eigenvalue weighted by Crippen LogP contribution is -2.26. The van der Waals surface area contributed by atoms with Crippen molar-refractivity contribution < 1.29 is 21.9 Å². The van der Waals surface area contributed by atoms with Crippen molar-refractivity contribution in [1.29, 1.82) is 0 Å². The summed E-state index contributed by atoms with van der Waals surface area (Å²) in [5, 5.41) is 9.53. The van der Waals surface area contributed by atoms with Gasteiger partial charge in [-0.05, 0) is 0 Å². The van der Waals surface area contributed by atoms with Crippen LogP contribution in [0.3, 0.4) is 0 Å². The first-order valence-corrected chi connectivity index (χ1v) is 5.90. The first kappa shape index (κ1) is 11.3. The number of aliphatic hydroxyl groups excluding tert-OH is 1. The largest absolute Gasteiger partial charge is 0.364 e. The van der Waals surface area contributed by atoms with E-state index in [4.69, 9.17) is 5.11 Å². The zero-order chi connectivity index (χ0) is 9.99. The minimum absolute atomic E-state index is 0.374. The number of hydrogen-bond acceptors (Lipinski definition) is 5. The van der Waals surface area contributed by atoms with E-state index >= 15 is 0 Å². The monoisotopic (exact) mass is 212 g/mol. The second-order valence-electron chi connectivity index (χ2n) is 1.82. The number of aliphatic hydroxyl groups is 1. The van der Waals surface area contributed by atoms with Crippen LogP contribution in [-0.4, -0.2) is 26.7 Å². The molecule has 0 saturated heterocycles. The van der Waals surface area contributed by atoms with E-state index in [1.165, 1.54) is 0 Å². The summed E-state index contributed by atoms with van der Waals surface area (Å²) < 4.78 is 40.3. The molecule has 0 spiro atoms. The third kappa shape index (κ3) is 2.16. The van der Waals surface area contributed by atoms with Crippen molar-refractivity contribution in [2.24, 2.45) is 0 Å². The maximum absolute atomic E-state index is 10.7. The first-order chi connectivity index (χ1) is 5.28. The van der Waals surface area contributed by atoms with Gasteiger partial charge < -0.3 is 5.11 Å². The molecule has 0 heterocycles. The summed E-state index contributed by atoms with van der Waals surface area (Å²) in [6.45, 7) is 5.71. The summed E-state index contributed by atoms with van der Waals surface area (Å²) in [6, 6.07) is 0. The molecular weight excluding hydrogens is 204 g/mol. The van der Waals surface area contributed by atoms with Crippen molar-refractivity contribution in [3.63, 3.8) is 0 Å². The van der Waals surface area contributed by atoms with Crippen molar-refractivity contribution in [2.75, 3.05) is 0 Å². The lowest BCUT2D eigenvalue weighted by molar-refractivity contribution is 0.317. The predicted molar refractivity (Wildman–Crippen MR) is 44.2 cm³/mol. The molecule has 70 valence electrons. The minimum Gasteiger partial charge on any atom is -0.364 e. The Kier molecular flexibility index (Phi) is 3.19. The van der Waals surface area contributed by atoms with E-state index in [1.54, 1.807) is 0 Å². The van der Waals surface area contributed by atoms with Crippen LogP contribution in [0.5, 0.6) is 0 Å². The van der Waals surface area contributed by atoms with Gasteiger partial charge in [0.2, 0.25) is 19.7 Å². The molecule has 0 aromatic heterocycles. The van der Waals surface area contributed by atoms with E-state index in [1.807, 2.05) is 0 Å². The average molecular weight is 212 g/mol. The highest BCUT2D eigenvalue weighted by Crippen LogP contribution is 2.09. The molecule has 0 aromatic rings. The molecule has 0 atom stereocenters. The lowest BCUT2D eigenvalue weighted by Gasteiger charge is -2.05. The van der Waals surface area contributed by atoms with Crippen molar-refractivity contribution >= 4 is 19.7 Å². The molecule has 1 N–H and O–H groups in total. The van der Waals surface area contributed by atoms with Crippen molar-refractivity contribution in [1.82, 2.24) is 0 Å². The minimum atomic E-state index is -4.21. The normalized spacial score (nSPS) is 12.8. The summed E-state index contributed by atoms with van der Waals surface area (Å²) >= 11 is 0. The summed E-state index contributed by atoms with van der Waals surface area (Å²) in [6.07, 6.45) is 0. The second-order valence-corrected chi connectivity index (χ2v) is 6.03. The summed E-state index contributed by atoms with van der Waals surface area (Å²) in [5.74, 6) is 0. The third-order valence-corrected chi connectivity index (χ3v) is 4.69. The van der Waals surface area contributed by atoms with Gasteiger partial charge in [-0.3, -0.25) is 0 Å². The topological polar surface area (TPSA) is 88.5 Å². The molecule has 0 fully saturated rings. The molecule has 0 aromatic carbocycles. The van der Waals surface area contributed by atoms with Gasteiger partial charge in [0, 0.05) is 10.8 Å². The van der Waals surface area contributed by atoms with Gasteiger partial charge in [-0.15, -0.1) is 0 Å². The van der Waals surface area contributed by atoms with E-state index in [0.29, 0.717) is 10.8 Å². The molecule has 5 nitrogen and oxygen atoms in total. The van der Waals surface area contributed by atoms with Crippen LogP contribution in [0.1, 0.15) is 0 Å². The SMILES string of the molecule is C=CS(=O)(=O)C(O)S(=O)(=O)C=C. The van der Waals surface area contributed by atoms with Crippen LogP contribution >= 0.6 is 0 Å². The fraction of sp³-hybridized carbons (Fsp3) is 0.200. The van der Waals surface area contributed by atoms with Gasteiger partial charge >= 0.3 is 0 Å². The van der Waals surface area contributed by atoms with Gasteiger partial charge in [0.05, 0.1) is 0 Å². The molecule has 0 radical (unpaired) electrons. The second kappa shape index (κ2) is 3.38. The number of sulfone groups is 2.